The lowest BCUT2D eigenvalue weighted by molar-refractivity contribution is -0.00461. The second-order valence-electron chi connectivity index (χ2n) is 5.60. The highest BCUT2D eigenvalue weighted by atomic mass is 16.5. The van der Waals surface area contributed by atoms with Gasteiger partial charge in [-0.1, -0.05) is 0 Å². The molecule has 1 fully saturated rings. The van der Waals surface area contributed by atoms with E-state index in [0.29, 0.717) is 16.8 Å². The zero-order valence-electron chi connectivity index (χ0n) is 11.7. The van der Waals surface area contributed by atoms with Crippen LogP contribution in [0.2, 0.25) is 0 Å². The molecule has 0 spiro atoms. The second kappa shape index (κ2) is 4.56. The van der Waals surface area contributed by atoms with Gasteiger partial charge in [0.1, 0.15) is 0 Å². The van der Waals surface area contributed by atoms with Crippen LogP contribution in [0.15, 0.2) is 21.3 Å². The Morgan fingerprint density at radius 1 is 1.50 bits per heavy atom. The normalized spacial score (nSPS) is 23.4. The quantitative estimate of drug-likeness (QED) is 0.816. The van der Waals surface area contributed by atoms with Crippen molar-refractivity contribution in [2.24, 2.45) is 0 Å². The van der Waals surface area contributed by atoms with E-state index >= 15 is 0 Å². The number of nitrogens with one attached hydrogen (secondary N) is 1. The molecule has 0 bridgehead atoms. The maximum atomic E-state index is 11.2. The van der Waals surface area contributed by atoms with E-state index in [4.69, 9.17) is 14.9 Å². The zero-order valence-corrected chi connectivity index (χ0v) is 11.7. The van der Waals surface area contributed by atoms with Gasteiger partial charge in [-0.15, -0.1) is 0 Å². The van der Waals surface area contributed by atoms with Gasteiger partial charge in [-0.05, 0) is 25.8 Å². The fourth-order valence-electron chi connectivity index (χ4n) is 2.85. The number of benzene rings is 1. The van der Waals surface area contributed by atoms with Crippen LogP contribution in [0.4, 0.5) is 11.4 Å². The number of oxazole rings is 1. The third-order valence-electron chi connectivity index (χ3n) is 4.06. The highest BCUT2D eigenvalue weighted by molar-refractivity contribution is 5.85. The van der Waals surface area contributed by atoms with Crippen molar-refractivity contribution in [2.75, 3.05) is 30.8 Å². The molecule has 2 heterocycles. The summed E-state index contributed by atoms with van der Waals surface area (Å²) in [6, 6.07) is 3.57. The molecular formula is C14H19N3O3. The van der Waals surface area contributed by atoms with Crippen LogP contribution < -0.4 is 16.4 Å². The van der Waals surface area contributed by atoms with E-state index in [9.17, 15) is 4.79 Å². The molecule has 0 saturated carbocycles. The van der Waals surface area contributed by atoms with Gasteiger partial charge in [0, 0.05) is 26.3 Å². The SMILES string of the molecule is COC1(C)CCCN(c2cc3[nH]c(=O)oc3cc2N)C1. The molecular weight excluding hydrogens is 258 g/mol. The van der Waals surface area contributed by atoms with E-state index in [2.05, 4.69) is 16.8 Å². The lowest BCUT2D eigenvalue weighted by atomic mass is 9.94. The van der Waals surface area contributed by atoms with E-state index in [0.717, 1.165) is 31.6 Å². The molecule has 3 N–H and O–H groups in total. The highest BCUT2D eigenvalue weighted by Gasteiger charge is 2.31. The van der Waals surface area contributed by atoms with Crippen molar-refractivity contribution in [3.63, 3.8) is 0 Å². The summed E-state index contributed by atoms with van der Waals surface area (Å²) in [5, 5.41) is 0. The summed E-state index contributed by atoms with van der Waals surface area (Å²) in [5.41, 5.74) is 8.62. The van der Waals surface area contributed by atoms with Crippen molar-refractivity contribution in [1.82, 2.24) is 4.98 Å². The fourth-order valence-corrected chi connectivity index (χ4v) is 2.85. The van der Waals surface area contributed by atoms with E-state index in [-0.39, 0.29) is 5.60 Å². The number of methoxy groups -OCH3 is 1. The first-order valence-corrected chi connectivity index (χ1v) is 6.73. The molecule has 6 heteroatoms. The first-order chi connectivity index (χ1) is 9.50. The van der Waals surface area contributed by atoms with Crippen LogP contribution in [0.1, 0.15) is 19.8 Å². The largest absolute Gasteiger partial charge is 0.417 e. The van der Waals surface area contributed by atoms with Gasteiger partial charge in [0.25, 0.3) is 0 Å². The minimum absolute atomic E-state index is 0.163. The minimum atomic E-state index is -0.461. The highest BCUT2D eigenvalue weighted by Crippen LogP contribution is 2.33. The minimum Gasteiger partial charge on any atom is -0.408 e. The number of hydrogen-bond donors (Lipinski definition) is 2. The first-order valence-electron chi connectivity index (χ1n) is 6.73. The summed E-state index contributed by atoms with van der Waals surface area (Å²) < 4.78 is 10.6. The molecule has 1 unspecified atom stereocenters. The van der Waals surface area contributed by atoms with Crippen LogP contribution in [0.25, 0.3) is 11.1 Å². The van der Waals surface area contributed by atoms with Crippen molar-refractivity contribution in [3.05, 3.63) is 22.7 Å². The average molecular weight is 277 g/mol. The molecule has 1 atom stereocenters. The lowest BCUT2D eigenvalue weighted by Crippen LogP contribution is -2.47. The van der Waals surface area contributed by atoms with Crippen LogP contribution >= 0.6 is 0 Å². The number of rotatable bonds is 2. The third-order valence-corrected chi connectivity index (χ3v) is 4.06. The standard InChI is InChI=1S/C14H19N3O3/c1-14(19-2)4-3-5-17(8-14)11-7-10-12(6-9(11)15)20-13(18)16-10/h6-7H,3-5,8,15H2,1-2H3,(H,16,18). The second-order valence-corrected chi connectivity index (χ2v) is 5.60. The maximum Gasteiger partial charge on any atom is 0.417 e. The number of nitrogens with two attached hydrogens (primary N) is 1. The van der Waals surface area contributed by atoms with Gasteiger partial charge in [0.15, 0.2) is 5.58 Å². The Bertz CT molecular complexity index is 691. The number of ether oxygens (including phenoxy) is 1. The molecule has 1 aliphatic rings. The van der Waals surface area contributed by atoms with Crippen molar-refractivity contribution >= 4 is 22.5 Å². The average Bonchev–Trinajstić information content (AvgIpc) is 2.77. The molecule has 0 amide bonds. The number of H-pyrrole nitrogens is 1. The van der Waals surface area contributed by atoms with Crippen molar-refractivity contribution in [1.29, 1.82) is 0 Å². The van der Waals surface area contributed by atoms with E-state index < -0.39 is 5.76 Å². The molecule has 0 aliphatic carbocycles. The number of anilines is 2. The summed E-state index contributed by atoms with van der Waals surface area (Å²) in [6.07, 6.45) is 2.08. The first kappa shape index (κ1) is 13.1. The summed E-state index contributed by atoms with van der Waals surface area (Å²) in [6.45, 7) is 3.81. The molecule has 1 aromatic carbocycles. The molecule has 3 rings (SSSR count). The molecule has 20 heavy (non-hydrogen) atoms. The van der Waals surface area contributed by atoms with Crippen LogP contribution in [-0.2, 0) is 4.74 Å². The number of nitrogens with zero attached hydrogens (tertiary/aromatic N) is 1. The number of nitrogen functional groups attached to an aromatic ring is 1. The predicted molar refractivity (Wildman–Crippen MR) is 78.1 cm³/mol. The van der Waals surface area contributed by atoms with E-state index in [1.807, 2.05) is 6.07 Å². The van der Waals surface area contributed by atoms with E-state index in [1.165, 1.54) is 0 Å². The Kier molecular flexibility index (Phi) is 2.97. The van der Waals surface area contributed by atoms with E-state index in [1.54, 1.807) is 13.2 Å². The third kappa shape index (κ3) is 2.16. The Labute approximate surface area is 116 Å². The number of fused-ring (bicyclic) bond motifs is 1. The summed E-state index contributed by atoms with van der Waals surface area (Å²) in [5.74, 6) is -0.461. The van der Waals surface area contributed by atoms with Crippen LogP contribution in [0.5, 0.6) is 0 Å². The number of aromatic amines is 1. The maximum absolute atomic E-state index is 11.2. The number of piperidine rings is 1. The topological polar surface area (TPSA) is 84.5 Å². The Hall–Kier alpha value is -1.95. The molecule has 1 aliphatic heterocycles. The number of hydrogen-bond acceptors (Lipinski definition) is 5. The Balaban J connectivity index is 2.00. The van der Waals surface area contributed by atoms with Gasteiger partial charge < -0.3 is 19.8 Å². The monoisotopic (exact) mass is 277 g/mol. The van der Waals surface area contributed by atoms with Crippen LogP contribution in [-0.4, -0.2) is 30.8 Å². The summed E-state index contributed by atoms with van der Waals surface area (Å²) in [7, 11) is 1.74. The van der Waals surface area contributed by atoms with Gasteiger partial charge in [-0.25, -0.2) is 4.79 Å². The summed E-state index contributed by atoms with van der Waals surface area (Å²) in [4.78, 5) is 16.1. The fraction of sp³-hybridized carbons (Fsp3) is 0.500. The Morgan fingerprint density at radius 2 is 2.30 bits per heavy atom. The van der Waals surface area contributed by atoms with Crippen molar-refractivity contribution in [3.8, 4) is 0 Å². The molecule has 1 aromatic heterocycles. The van der Waals surface area contributed by atoms with Gasteiger partial charge in [0.2, 0.25) is 0 Å². The van der Waals surface area contributed by atoms with Gasteiger partial charge >= 0.3 is 5.76 Å². The van der Waals surface area contributed by atoms with Gasteiger partial charge in [-0.3, -0.25) is 4.98 Å². The summed E-state index contributed by atoms with van der Waals surface area (Å²) >= 11 is 0. The van der Waals surface area contributed by atoms with Gasteiger partial charge in [-0.2, -0.15) is 0 Å². The van der Waals surface area contributed by atoms with Crippen LogP contribution in [0, 0.1) is 0 Å². The Morgan fingerprint density at radius 3 is 3.05 bits per heavy atom. The smallest absolute Gasteiger partial charge is 0.408 e. The molecule has 108 valence electrons. The van der Waals surface area contributed by atoms with Crippen molar-refractivity contribution < 1.29 is 9.15 Å². The molecule has 6 nitrogen and oxygen atoms in total. The van der Waals surface area contributed by atoms with Crippen LogP contribution in [0.3, 0.4) is 0 Å². The molecule has 2 aromatic rings. The molecule has 0 radical (unpaired) electrons. The predicted octanol–water partition coefficient (Wildman–Crippen LogP) is 1.71. The van der Waals surface area contributed by atoms with Gasteiger partial charge in [0.05, 0.1) is 22.5 Å². The number of aromatic nitrogens is 1. The van der Waals surface area contributed by atoms with Crippen molar-refractivity contribution in [2.45, 2.75) is 25.4 Å². The zero-order chi connectivity index (χ0) is 14.3. The molecule has 1 saturated heterocycles. The lowest BCUT2D eigenvalue weighted by Gasteiger charge is -2.41.